The average molecular weight is 374 g/mol. The topological polar surface area (TPSA) is 19.0 Å². The Morgan fingerprint density at radius 1 is 0.926 bits per heavy atom. The highest BCUT2D eigenvalue weighted by Gasteiger charge is 2.35. The molecule has 2 fully saturated rings. The molecule has 2 aliphatic rings. The van der Waals surface area contributed by atoms with Gasteiger partial charge in [-0.15, -0.1) is 0 Å². The first-order valence-electron chi connectivity index (χ1n) is 10.7. The van der Waals surface area contributed by atoms with Crippen LogP contribution in [-0.4, -0.2) is 79.8 Å². The fourth-order valence-electron chi connectivity index (χ4n) is 4.37. The lowest BCUT2D eigenvalue weighted by Gasteiger charge is -2.29. The highest BCUT2D eigenvalue weighted by atomic mass is 16.5. The Morgan fingerprint density at radius 3 is 2.41 bits per heavy atom. The van der Waals surface area contributed by atoms with Crippen LogP contribution in [0.2, 0.25) is 0 Å². The van der Waals surface area contributed by atoms with Gasteiger partial charge in [-0.25, -0.2) is 0 Å². The molecule has 0 radical (unpaired) electrons. The zero-order chi connectivity index (χ0) is 19.3. The second-order valence-corrected chi connectivity index (χ2v) is 9.58. The van der Waals surface area contributed by atoms with Crippen molar-refractivity contribution in [3.8, 4) is 0 Å². The predicted molar refractivity (Wildman–Crippen MR) is 113 cm³/mol. The van der Waals surface area contributed by atoms with Gasteiger partial charge < -0.3 is 14.5 Å². The Kier molecular flexibility index (Phi) is 7.32. The average Bonchev–Trinajstić information content (AvgIpc) is 2.86. The standard InChI is InChI=1S/C23H39N3O/c1-23(2,3)27-19-22-18-26(15-20-9-6-5-7-10-20)17-21(22)16-25-12-8-11-24(4)13-14-25/h5-7,9-10,21-22H,8,11-19H2,1-4H3. The summed E-state index contributed by atoms with van der Waals surface area (Å²) in [6, 6.07) is 10.9. The third kappa shape index (κ3) is 6.86. The fraction of sp³-hybridized carbons (Fsp3) is 0.739. The summed E-state index contributed by atoms with van der Waals surface area (Å²) in [5.41, 5.74) is 1.37. The number of ether oxygens (including phenoxy) is 1. The second-order valence-electron chi connectivity index (χ2n) is 9.58. The van der Waals surface area contributed by atoms with Crippen molar-refractivity contribution >= 4 is 0 Å². The number of hydrogen-bond donors (Lipinski definition) is 0. The molecule has 0 aliphatic carbocycles. The molecule has 0 saturated carbocycles. The van der Waals surface area contributed by atoms with Gasteiger partial charge >= 0.3 is 0 Å². The minimum absolute atomic E-state index is 0.0529. The lowest BCUT2D eigenvalue weighted by Crippen LogP contribution is -2.37. The first-order valence-corrected chi connectivity index (χ1v) is 10.7. The van der Waals surface area contributed by atoms with Crippen molar-refractivity contribution in [2.24, 2.45) is 11.8 Å². The lowest BCUT2D eigenvalue weighted by atomic mass is 9.96. The van der Waals surface area contributed by atoms with Gasteiger partial charge in [0.05, 0.1) is 12.2 Å². The highest BCUT2D eigenvalue weighted by molar-refractivity contribution is 5.14. The number of rotatable bonds is 6. The van der Waals surface area contributed by atoms with E-state index >= 15 is 0 Å². The molecule has 2 unspecified atom stereocenters. The van der Waals surface area contributed by atoms with Gasteiger partial charge in [0, 0.05) is 45.2 Å². The van der Waals surface area contributed by atoms with Gasteiger partial charge in [0.1, 0.15) is 0 Å². The van der Waals surface area contributed by atoms with Crippen LogP contribution in [0.25, 0.3) is 0 Å². The van der Waals surface area contributed by atoms with Gasteiger partial charge in [0.25, 0.3) is 0 Å². The molecule has 4 heteroatoms. The van der Waals surface area contributed by atoms with Crippen LogP contribution in [0.3, 0.4) is 0 Å². The molecule has 27 heavy (non-hydrogen) atoms. The molecular weight excluding hydrogens is 334 g/mol. The van der Waals surface area contributed by atoms with Gasteiger partial charge in [-0.1, -0.05) is 30.3 Å². The Labute approximate surface area is 166 Å². The second kappa shape index (κ2) is 9.51. The predicted octanol–water partition coefficient (Wildman–Crippen LogP) is 3.19. The van der Waals surface area contributed by atoms with Crippen LogP contribution in [0.4, 0.5) is 0 Å². The molecule has 3 rings (SSSR count). The molecule has 0 N–H and O–H groups in total. The van der Waals surface area contributed by atoms with Crippen molar-refractivity contribution in [1.82, 2.24) is 14.7 Å². The summed E-state index contributed by atoms with van der Waals surface area (Å²) in [4.78, 5) is 7.81. The summed E-state index contributed by atoms with van der Waals surface area (Å²) in [6.07, 6.45) is 1.29. The monoisotopic (exact) mass is 373 g/mol. The number of likely N-dealkylation sites (tertiary alicyclic amines) is 1. The van der Waals surface area contributed by atoms with Gasteiger partial charge in [-0.2, -0.15) is 0 Å². The summed E-state index contributed by atoms with van der Waals surface area (Å²) in [6.45, 7) is 16.9. The molecule has 1 aromatic carbocycles. The van der Waals surface area contributed by atoms with E-state index in [1.54, 1.807) is 0 Å². The number of benzene rings is 1. The first-order chi connectivity index (χ1) is 12.9. The zero-order valence-corrected chi connectivity index (χ0v) is 17.9. The molecule has 4 nitrogen and oxygen atoms in total. The highest BCUT2D eigenvalue weighted by Crippen LogP contribution is 2.28. The van der Waals surface area contributed by atoms with Gasteiger partial charge in [0.15, 0.2) is 0 Å². The van der Waals surface area contributed by atoms with Crippen molar-refractivity contribution in [2.75, 3.05) is 59.5 Å². The normalized spacial score (nSPS) is 26.4. The van der Waals surface area contributed by atoms with Crippen molar-refractivity contribution in [1.29, 1.82) is 0 Å². The Bertz CT molecular complexity index is 556. The van der Waals surface area contributed by atoms with Crippen LogP contribution in [0.1, 0.15) is 32.8 Å². The van der Waals surface area contributed by atoms with E-state index in [0.717, 1.165) is 19.7 Å². The summed E-state index contributed by atoms with van der Waals surface area (Å²) >= 11 is 0. The van der Waals surface area contributed by atoms with Crippen LogP contribution in [0, 0.1) is 11.8 Å². The molecule has 1 aromatic rings. The molecule has 2 aliphatic heterocycles. The Hall–Kier alpha value is -0.940. The molecule has 2 saturated heterocycles. The number of hydrogen-bond acceptors (Lipinski definition) is 4. The Balaban J connectivity index is 1.60. The molecule has 0 amide bonds. The Morgan fingerprint density at radius 2 is 1.67 bits per heavy atom. The fourth-order valence-corrected chi connectivity index (χ4v) is 4.37. The lowest BCUT2D eigenvalue weighted by molar-refractivity contribution is -0.0283. The minimum Gasteiger partial charge on any atom is -0.376 e. The molecular formula is C23H39N3O. The van der Waals surface area contributed by atoms with Crippen LogP contribution < -0.4 is 0 Å². The molecule has 0 spiro atoms. The smallest absolute Gasteiger partial charge is 0.0598 e. The molecule has 0 bridgehead atoms. The summed E-state index contributed by atoms with van der Waals surface area (Å²) in [5, 5.41) is 0. The third-order valence-electron chi connectivity index (χ3n) is 5.94. The molecule has 152 valence electrons. The van der Waals surface area contributed by atoms with E-state index < -0.39 is 0 Å². The van der Waals surface area contributed by atoms with Crippen molar-refractivity contribution in [2.45, 2.75) is 39.3 Å². The van der Waals surface area contributed by atoms with E-state index in [4.69, 9.17) is 4.74 Å². The molecule has 0 aromatic heterocycles. The summed E-state index contributed by atoms with van der Waals surface area (Å²) < 4.78 is 6.22. The van der Waals surface area contributed by atoms with Crippen molar-refractivity contribution in [3.05, 3.63) is 35.9 Å². The van der Waals surface area contributed by atoms with Crippen LogP contribution in [0.15, 0.2) is 30.3 Å². The van der Waals surface area contributed by atoms with E-state index in [9.17, 15) is 0 Å². The molecule has 2 heterocycles. The number of likely N-dealkylation sites (N-methyl/N-ethyl adjacent to an activating group) is 1. The first kappa shape index (κ1) is 20.8. The van der Waals surface area contributed by atoms with Crippen molar-refractivity contribution in [3.63, 3.8) is 0 Å². The van der Waals surface area contributed by atoms with Gasteiger partial charge in [-0.3, -0.25) is 4.90 Å². The van der Waals surface area contributed by atoms with E-state index in [-0.39, 0.29) is 5.60 Å². The quantitative estimate of drug-likeness (QED) is 0.762. The van der Waals surface area contributed by atoms with Crippen LogP contribution in [-0.2, 0) is 11.3 Å². The molecule has 2 atom stereocenters. The van der Waals surface area contributed by atoms with E-state index in [1.165, 1.54) is 51.3 Å². The SMILES string of the molecule is CN1CCCN(CC2CN(Cc3ccccc3)CC2COC(C)(C)C)CC1. The van der Waals surface area contributed by atoms with E-state index in [0.29, 0.717) is 11.8 Å². The summed E-state index contributed by atoms with van der Waals surface area (Å²) in [7, 11) is 2.25. The number of nitrogens with zero attached hydrogens (tertiary/aromatic N) is 3. The maximum atomic E-state index is 6.22. The van der Waals surface area contributed by atoms with Gasteiger partial charge in [-0.05, 0) is 58.8 Å². The maximum absolute atomic E-state index is 6.22. The minimum atomic E-state index is -0.0529. The van der Waals surface area contributed by atoms with Gasteiger partial charge in [0.2, 0.25) is 0 Å². The van der Waals surface area contributed by atoms with E-state index in [1.807, 2.05) is 0 Å². The van der Waals surface area contributed by atoms with Crippen LogP contribution in [0.5, 0.6) is 0 Å². The zero-order valence-electron chi connectivity index (χ0n) is 17.9. The maximum Gasteiger partial charge on any atom is 0.0598 e. The van der Waals surface area contributed by atoms with Crippen molar-refractivity contribution < 1.29 is 4.74 Å². The van der Waals surface area contributed by atoms with E-state index in [2.05, 4.69) is 72.9 Å². The third-order valence-corrected chi connectivity index (χ3v) is 5.94. The summed E-state index contributed by atoms with van der Waals surface area (Å²) in [5.74, 6) is 1.34. The largest absolute Gasteiger partial charge is 0.376 e. The van der Waals surface area contributed by atoms with Crippen LogP contribution >= 0.6 is 0 Å².